The monoisotopic (exact) mass is 544 g/mol. The summed E-state index contributed by atoms with van der Waals surface area (Å²) in [6.45, 7) is 5.36. The molecule has 1 atom stereocenters. The van der Waals surface area contributed by atoms with Crippen molar-refractivity contribution in [3.63, 3.8) is 0 Å². The number of sulfonamides is 1. The molecule has 0 bridgehead atoms. The first-order valence-corrected chi connectivity index (χ1v) is 14.6. The van der Waals surface area contributed by atoms with E-state index < -0.39 is 21.5 Å². The van der Waals surface area contributed by atoms with E-state index in [0.717, 1.165) is 37.9 Å². The van der Waals surface area contributed by atoms with Gasteiger partial charge in [0.25, 0.3) is 15.6 Å². The summed E-state index contributed by atoms with van der Waals surface area (Å²) in [5, 5.41) is 4.45. The fourth-order valence-corrected chi connectivity index (χ4v) is 5.94. The standard InChI is InChI=1S/C26H36N6O5S/c1-5-8-20-23-24(32(4)29-20)26(34)28-25(27-23)19-16-18(11-12-21(19)37-15-6-2)38(35,36)30-22(33)13-10-17-9-7-14-31(17)3/h11-12,16-17H,5-10,13-15H2,1-4H3,(H,30,33)(H,27,28,34). The minimum atomic E-state index is -4.16. The number of amides is 1. The summed E-state index contributed by atoms with van der Waals surface area (Å²) in [7, 11) is -0.451. The first kappa shape index (κ1) is 27.8. The number of carbonyl (C=O) groups excluding carboxylic acids is 1. The summed E-state index contributed by atoms with van der Waals surface area (Å²) in [5.41, 5.74) is 1.46. The van der Waals surface area contributed by atoms with Crippen LogP contribution >= 0.6 is 0 Å². The van der Waals surface area contributed by atoms with Gasteiger partial charge in [-0.1, -0.05) is 20.3 Å². The Hall–Kier alpha value is -3.25. The van der Waals surface area contributed by atoms with Crippen molar-refractivity contribution in [1.29, 1.82) is 0 Å². The van der Waals surface area contributed by atoms with Crippen LogP contribution in [0.5, 0.6) is 5.75 Å². The zero-order valence-electron chi connectivity index (χ0n) is 22.4. The fourth-order valence-electron chi connectivity index (χ4n) is 4.90. The Morgan fingerprint density at radius 2 is 2.03 bits per heavy atom. The highest BCUT2D eigenvalue weighted by molar-refractivity contribution is 7.90. The number of H-pyrrole nitrogens is 1. The molecule has 2 N–H and O–H groups in total. The van der Waals surface area contributed by atoms with E-state index in [-0.39, 0.29) is 23.2 Å². The van der Waals surface area contributed by atoms with Crippen molar-refractivity contribution in [3.05, 3.63) is 34.2 Å². The van der Waals surface area contributed by atoms with Crippen molar-refractivity contribution >= 4 is 27.0 Å². The first-order chi connectivity index (χ1) is 18.1. The predicted octanol–water partition coefficient (Wildman–Crippen LogP) is 2.74. The number of rotatable bonds is 11. The summed E-state index contributed by atoms with van der Waals surface area (Å²) in [6.07, 6.45) is 5.03. The molecular formula is C26H36N6O5S. The van der Waals surface area contributed by atoms with Crippen LogP contribution in [-0.2, 0) is 28.3 Å². The van der Waals surface area contributed by atoms with Gasteiger partial charge in [-0.3, -0.25) is 14.3 Å². The average molecular weight is 545 g/mol. The van der Waals surface area contributed by atoms with E-state index in [9.17, 15) is 18.0 Å². The number of nitrogens with one attached hydrogen (secondary N) is 2. The number of aromatic amines is 1. The molecule has 0 aliphatic carbocycles. The number of fused-ring (bicyclic) bond motifs is 1. The number of aromatic nitrogens is 4. The maximum atomic E-state index is 13.1. The molecular weight excluding hydrogens is 508 g/mol. The molecule has 206 valence electrons. The molecule has 3 aromatic rings. The summed E-state index contributed by atoms with van der Waals surface area (Å²) in [4.78, 5) is 35.0. The number of benzene rings is 1. The van der Waals surface area contributed by atoms with Crippen molar-refractivity contribution in [2.75, 3.05) is 20.2 Å². The molecule has 4 rings (SSSR count). The van der Waals surface area contributed by atoms with E-state index in [1.807, 2.05) is 20.9 Å². The number of nitrogens with zero attached hydrogens (tertiary/aromatic N) is 4. The molecule has 1 amide bonds. The highest BCUT2D eigenvalue weighted by atomic mass is 32.2. The Morgan fingerprint density at radius 3 is 2.71 bits per heavy atom. The van der Waals surface area contributed by atoms with Gasteiger partial charge in [-0.25, -0.2) is 13.1 Å². The van der Waals surface area contributed by atoms with E-state index >= 15 is 0 Å². The lowest BCUT2D eigenvalue weighted by molar-refractivity contribution is -0.119. The van der Waals surface area contributed by atoms with Gasteiger partial charge in [0.1, 0.15) is 11.6 Å². The number of hydrogen-bond acceptors (Lipinski definition) is 8. The quantitative estimate of drug-likeness (QED) is 0.376. The lowest BCUT2D eigenvalue weighted by Gasteiger charge is -2.18. The maximum Gasteiger partial charge on any atom is 0.299 e. The van der Waals surface area contributed by atoms with Crippen molar-refractivity contribution in [2.24, 2.45) is 7.05 Å². The van der Waals surface area contributed by atoms with Crippen LogP contribution in [0.2, 0.25) is 0 Å². The largest absolute Gasteiger partial charge is 0.493 e. The lowest BCUT2D eigenvalue weighted by Crippen LogP contribution is -2.32. The minimum absolute atomic E-state index is 0.117. The van der Waals surface area contributed by atoms with Crippen LogP contribution in [0, 0.1) is 0 Å². The van der Waals surface area contributed by atoms with Gasteiger partial charge in [-0.15, -0.1) is 0 Å². The van der Waals surface area contributed by atoms with Gasteiger partial charge in [0, 0.05) is 19.5 Å². The predicted molar refractivity (Wildman–Crippen MR) is 145 cm³/mol. The third kappa shape index (κ3) is 5.91. The van der Waals surface area contributed by atoms with Crippen molar-refractivity contribution in [2.45, 2.75) is 69.7 Å². The summed E-state index contributed by atoms with van der Waals surface area (Å²) in [5.74, 6) is 0.00195. The smallest absolute Gasteiger partial charge is 0.299 e. The number of carbonyl (C=O) groups is 1. The third-order valence-electron chi connectivity index (χ3n) is 6.87. The second-order valence-electron chi connectivity index (χ2n) is 9.78. The van der Waals surface area contributed by atoms with Crippen LogP contribution in [0.25, 0.3) is 22.4 Å². The van der Waals surface area contributed by atoms with Crippen LogP contribution in [0.15, 0.2) is 27.9 Å². The van der Waals surface area contributed by atoms with Gasteiger partial charge < -0.3 is 14.6 Å². The first-order valence-electron chi connectivity index (χ1n) is 13.1. The normalized spacial score (nSPS) is 16.3. The van der Waals surface area contributed by atoms with E-state index in [4.69, 9.17) is 4.74 Å². The number of ether oxygens (including phenoxy) is 1. The zero-order valence-corrected chi connectivity index (χ0v) is 23.2. The van der Waals surface area contributed by atoms with Crippen LogP contribution in [0.4, 0.5) is 0 Å². The Kier molecular flexibility index (Phi) is 8.51. The van der Waals surface area contributed by atoms with Crippen LogP contribution < -0.4 is 15.0 Å². The molecule has 3 heterocycles. The molecule has 12 heteroatoms. The molecule has 11 nitrogen and oxygen atoms in total. The van der Waals surface area contributed by atoms with Gasteiger partial charge in [-0.2, -0.15) is 10.1 Å². The molecule has 0 saturated carbocycles. The Bertz CT molecular complexity index is 1480. The van der Waals surface area contributed by atoms with Gasteiger partial charge in [-0.05, 0) is 63.9 Å². The Labute approximate surface area is 222 Å². The minimum Gasteiger partial charge on any atom is -0.493 e. The van der Waals surface area contributed by atoms with E-state index in [0.29, 0.717) is 41.8 Å². The molecule has 0 radical (unpaired) electrons. The van der Waals surface area contributed by atoms with Crippen LogP contribution in [0.1, 0.15) is 58.1 Å². The van der Waals surface area contributed by atoms with Gasteiger partial charge in [0.2, 0.25) is 5.91 Å². The third-order valence-corrected chi connectivity index (χ3v) is 8.24. The summed E-state index contributed by atoms with van der Waals surface area (Å²) >= 11 is 0. The molecule has 0 spiro atoms. The number of hydrogen-bond donors (Lipinski definition) is 2. The maximum absolute atomic E-state index is 13.1. The summed E-state index contributed by atoms with van der Waals surface area (Å²) < 4.78 is 35.8. The van der Waals surface area contributed by atoms with Gasteiger partial charge in [0.05, 0.1) is 28.3 Å². The van der Waals surface area contributed by atoms with Crippen molar-refractivity contribution < 1.29 is 17.9 Å². The van der Waals surface area contributed by atoms with E-state index in [2.05, 4.69) is 24.7 Å². The van der Waals surface area contributed by atoms with Gasteiger partial charge >= 0.3 is 0 Å². The van der Waals surface area contributed by atoms with Crippen LogP contribution in [-0.4, -0.2) is 65.2 Å². The number of likely N-dealkylation sites (tertiary alicyclic amines) is 1. The molecule has 2 aromatic heterocycles. The Balaban J connectivity index is 1.68. The Morgan fingerprint density at radius 1 is 1.24 bits per heavy atom. The molecule has 1 aliphatic rings. The number of aryl methyl sites for hydroxylation is 2. The topological polar surface area (TPSA) is 139 Å². The van der Waals surface area contributed by atoms with Crippen LogP contribution in [0.3, 0.4) is 0 Å². The molecule has 1 aliphatic heterocycles. The lowest BCUT2D eigenvalue weighted by atomic mass is 10.1. The van der Waals surface area contributed by atoms with Crippen molar-refractivity contribution in [3.8, 4) is 17.1 Å². The molecule has 1 unspecified atom stereocenters. The molecule has 1 aromatic carbocycles. The average Bonchev–Trinajstić information content (AvgIpc) is 3.43. The van der Waals surface area contributed by atoms with Crippen molar-refractivity contribution in [1.82, 2.24) is 29.4 Å². The fraction of sp³-hybridized carbons (Fsp3) is 0.538. The molecule has 38 heavy (non-hydrogen) atoms. The van der Waals surface area contributed by atoms with E-state index in [1.54, 1.807) is 7.05 Å². The zero-order chi connectivity index (χ0) is 27.4. The van der Waals surface area contributed by atoms with E-state index in [1.165, 1.54) is 22.9 Å². The summed E-state index contributed by atoms with van der Waals surface area (Å²) in [6, 6.07) is 4.58. The highest BCUT2D eigenvalue weighted by Crippen LogP contribution is 2.31. The second-order valence-corrected chi connectivity index (χ2v) is 11.5. The second kappa shape index (κ2) is 11.6. The molecule has 1 fully saturated rings. The molecule has 1 saturated heterocycles. The highest BCUT2D eigenvalue weighted by Gasteiger charge is 2.25. The SMILES string of the molecule is CCCOc1ccc(S(=O)(=O)NC(=O)CCC2CCCN2C)cc1-c1nc(=O)c2c([nH]1)c(CCC)nn2C. The van der Waals surface area contributed by atoms with Gasteiger partial charge in [0.15, 0.2) is 5.52 Å².